The van der Waals surface area contributed by atoms with Crippen LogP contribution < -0.4 is 15.4 Å². The molecule has 7 heteroatoms. The first-order valence-electron chi connectivity index (χ1n) is 9.06. The van der Waals surface area contributed by atoms with Gasteiger partial charge in [0.1, 0.15) is 11.4 Å². The number of halogens is 1. The molecule has 0 aliphatic heterocycles. The highest BCUT2D eigenvalue weighted by atomic mass is 127. The van der Waals surface area contributed by atoms with Crippen LogP contribution in [0.2, 0.25) is 0 Å². The molecule has 1 atom stereocenters. The van der Waals surface area contributed by atoms with Crippen LogP contribution in [0.15, 0.2) is 46.8 Å². The van der Waals surface area contributed by atoms with E-state index in [1.807, 2.05) is 49.6 Å². The molecule has 0 amide bonds. The van der Waals surface area contributed by atoms with Gasteiger partial charge in [-0.05, 0) is 50.3 Å². The maximum Gasteiger partial charge on any atom is 0.191 e. The van der Waals surface area contributed by atoms with Gasteiger partial charge < -0.3 is 20.5 Å². The molecule has 27 heavy (non-hydrogen) atoms. The Labute approximate surface area is 183 Å². The zero-order valence-corrected chi connectivity index (χ0v) is 19.3. The van der Waals surface area contributed by atoms with Crippen molar-refractivity contribution in [2.24, 2.45) is 4.99 Å². The van der Waals surface area contributed by atoms with Crippen LogP contribution in [-0.4, -0.2) is 37.3 Å². The summed E-state index contributed by atoms with van der Waals surface area (Å²) in [4.78, 5) is 5.47. The monoisotopic (exact) mass is 503 g/mol. The molecule has 0 saturated carbocycles. The molecule has 0 saturated heterocycles. The predicted molar refractivity (Wildman–Crippen MR) is 125 cm³/mol. The summed E-state index contributed by atoms with van der Waals surface area (Å²) in [6.07, 6.45) is 0.835. The van der Waals surface area contributed by atoms with Crippen LogP contribution in [0.1, 0.15) is 31.2 Å². The number of benzene rings is 1. The standard InChI is InChI=1S/C20H29N3O2S.HI/c1-4-21-19(23-15-20(3,24)18-11-8-14-26-18)22-13-12-16-9-6-7-10-17(16)25-5-2;/h6-11,14,24H,4-5,12-13,15H2,1-3H3,(H2,21,22,23);1H. The van der Waals surface area contributed by atoms with Gasteiger partial charge in [0.05, 0.1) is 13.2 Å². The molecule has 150 valence electrons. The van der Waals surface area contributed by atoms with Crippen molar-refractivity contribution in [3.63, 3.8) is 0 Å². The van der Waals surface area contributed by atoms with Crippen LogP contribution in [-0.2, 0) is 12.0 Å². The van der Waals surface area contributed by atoms with E-state index in [4.69, 9.17) is 4.74 Å². The highest BCUT2D eigenvalue weighted by Crippen LogP contribution is 2.25. The number of thiophene rings is 1. The molecule has 1 aromatic heterocycles. The van der Waals surface area contributed by atoms with Crippen molar-refractivity contribution >= 4 is 41.3 Å². The van der Waals surface area contributed by atoms with Crippen molar-refractivity contribution < 1.29 is 9.84 Å². The molecule has 0 aliphatic rings. The SMILES string of the molecule is CCNC(=NCC(C)(O)c1cccs1)NCCc1ccccc1OCC.I. The Hall–Kier alpha value is -1.32. The number of rotatable bonds is 9. The lowest BCUT2D eigenvalue weighted by Crippen LogP contribution is -2.39. The molecule has 0 radical (unpaired) electrons. The summed E-state index contributed by atoms with van der Waals surface area (Å²) < 4.78 is 5.67. The average molecular weight is 503 g/mol. The van der Waals surface area contributed by atoms with Crippen LogP contribution >= 0.6 is 35.3 Å². The number of para-hydroxylation sites is 1. The molecule has 0 bridgehead atoms. The normalized spacial score (nSPS) is 13.4. The largest absolute Gasteiger partial charge is 0.494 e. The van der Waals surface area contributed by atoms with E-state index in [0.29, 0.717) is 19.1 Å². The maximum absolute atomic E-state index is 10.6. The fourth-order valence-corrected chi connectivity index (χ4v) is 3.34. The van der Waals surface area contributed by atoms with Crippen molar-refractivity contribution in [2.45, 2.75) is 32.8 Å². The second kappa shape index (κ2) is 12.2. The minimum absolute atomic E-state index is 0. The Morgan fingerprint density at radius 1 is 1.19 bits per heavy atom. The Bertz CT molecular complexity index is 690. The third-order valence-electron chi connectivity index (χ3n) is 3.90. The van der Waals surface area contributed by atoms with E-state index < -0.39 is 5.60 Å². The predicted octanol–water partition coefficient (Wildman–Crippen LogP) is 3.77. The summed E-state index contributed by atoms with van der Waals surface area (Å²) >= 11 is 1.54. The van der Waals surface area contributed by atoms with Crippen molar-refractivity contribution in [1.82, 2.24) is 10.6 Å². The highest BCUT2D eigenvalue weighted by molar-refractivity contribution is 14.0. The van der Waals surface area contributed by atoms with E-state index in [2.05, 4.69) is 21.7 Å². The van der Waals surface area contributed by atoms with E-state index >= 15 is 0 Å². The quantitative estimate of drug-likeness (QED) is 0.277. The number of nitrogens with zero attached hydrogens (tertiary/aromatic N) is 1. The summed E-state index contributed by atoms with van der Waals surface area (Å²) in [6.45, 7) is 8.28. The number of hydrogen-bond donors (Lipinski definition) is 3. The van der Waals surface area contributed by atoms with Gasteiger partial charge in [0, 0.05) is 18.0 Å². The molecule has 0 spiro atoms. The first-order chi connectivity index (χ1) is 12.6. The summed E-state index contributed by atoms with van der Waals surface area (Å²) in [6, 6.07) is 12.0. The summed E-state index contributed by atoms with van der Waals surface area (Å²) in [5.74, 6) is 1.64. The second-order valence-electron chi connectivity index (χ2n) is 6.16. The molecule has 2 rings (SSSR count). The average Bonchev–Trinajstić information content (AvgIpc) is 3.17. The molecule has 0 aliphatic carbocycles. The van der Waals surface area contributed by atoms with Crippen LogP contribution in [0.5, 0.6) is 5.75 Å². The van der Waals surface area contributed by atoms with Gasteiger partial charge >= 0.3 is 0 Å². The lowest BCUT2D eigenvalue weighted by Gasteiger charge is -2.20. The zero-order valence-electron chi connectivity index (χ0n) is 16.2. The number of aliphatic imine (C=N–C) groups is 1. The smallest absolute Gasteiger partial charge is 0.191 e. The Kier molecular flexibility index (Phi) is 10.7. The van der Waals surface area contributed by atoms with Gasteiger partial charge in [0.15, 0.2) is 5.96 Å². The van der Waals surface area contributed by atoms with Crippen molar-refractivity contribution in [2.75, 3.05) is 26.2 Å². The Balaban J connectivity index is 0.00000364. The molecule has 1 heterocycles. The van der Waals surface area contributed by atoms with E-state index in [0.717, 1.165) is 30.1 Å². The first-order valence-corrected chi connectivity index (χ1v) is 9.94. The fourth-order valence-electron chi connectivity index (χ4n) is 2.56. The van der Waals surface area contributed by atoms with Crippen LogP contribution in [0, 0.1) is 0 Å². The van der Waals surface area contributed by atoms with Gasteiger partial charge in [-0.15, -0.1) is 35.3 Å². The van der Waals surface area contributed by atoms with E-state index in [9.17, 15) is 5.11 Å². The van der Waals surface area contributed by atoms with Gasteiger partial charge in [-0.2, -0.15) is 0 Å². The molecular weight excluding hydrogens is 473 g/mol. The van der Waals surface area contributed by atoms with Gasteiger partial charge in [-0.25, -0.2) is 4.99 Å². The van der Waals surface area contributed by atoms with Gasteiger partial charge in [0.2, 0.25) is 0 Å². The topological polar surface area (TPSA) is 65.9 Å². The van der Waals surface area contributed by atoms with Crippen molar-refractivity contribution in [1.29, 1.82) is 0 Å². The van der Waals surface area contributed by atoms with Crippen molar-refractivity contribution in [3.05, 3.63) is 52.2 Å². The lowest BCUT2D eigenvalue weighted by atomic mass is 10.1. The maximum atomic E-state index is 10.6. The van der Waals surface area contributed by atoms with Crippen LogP contribution in [0.3, 0.4) is 0 Å². The highest BCUT2D eigenvalue weighted by Gasteiger charge is 2.23. The third kappa shape index (κ3) is 7.67. The summed E-state index contributed by atoms with van der Waals surface area (Å²) in [5, 5.41) is 19.1. The number of nitrogens with one attached hydrogen (secondary N) is 2. The molecule has 1 aromatic carbocycles. The van der Waals surface area contributed by atoms with Crippen LogP contribution in [0.4, 0.5) is 0 Å². The zero-order chi connectivity index (χ0) is 18.8. The third-order valence-corrected chi connectivity index (χ3v) is 5.02. The summed E-state index contributed by atoms with van der Waals surface area (Å²) in [7, 11) is 0. The lowest BCUT2D eigenvalue weighted by molar-refractivity contribution is 0.0711. The first kappa shape index (κ1) is 23.7. The van der Waals surface area contributed by atoms with Crippen molar-refractivity contribution in [3.8, 4) is 5.75 Å². The second-order valence-corrected chi connectivity index (χ2v) is 7.11. The Morgan fingerprint density at radius 3 is 2.63 bits per heavy atom. The molecule has 3 N–H and O–H groups in total. The van der Waals surface area contributed by atoms with Crippen LogP contribution in [0.25, 0.3) is 0 Å². The number of hydrogen-bond acceptors (Lipinski definition) is 4. The number of aliphatic hydroxyl groups is 1. The van der Waals surface area contributed by atoms with E-state index in [1.165, 1.54) is 5.56 Å². The number of guanidine groups is 1. The van der Waals surface area contributed by atoms with Gasteiger partial charge in [-0.3, -0.25) is 0 Å². The van der Waals surface area contributed by atoms with E-state index in [1.54, 1.807) is 18.3 Å². The minimum atomic E-state index is -0.960. The van der Waals surface area contributed by atoms with Gasteiger partial charge in [0.25, 0.3) is 0 Å². The molecule has 1 unspecified atom stereocenters. The number of ether oxygens (including phenoxy) is 1. The minimum Gasteiger partial charge on any atom is -0.494 e. The van der Waals surface area contributed by atoms with E-state index in [-0.39, 0.29) is 24.0 Å². The summed E-state index contributed by atoms with van der Waals surface area (Å²) in [5.41, 5.74) is 0.209. The molecule has 5 nitrogen and oxygen atoms in total. The molecular formula is C20H30IN3O2S. The fraction of sp³-hybridized carbons (Fsp3) is 0.450. The van der Waals surface area contributed by atoms with Gasteiger partial charge in [-0.1, -0.05) is 24.3 Å². The molecule has 2 aromatic rings. The Morgan fingerprint density at radius 2 is 1.96 bits per heavy atom. The molecule has 0 fully saturated rings.